The van der Waals surface area contributed by atoms with E-state index in [-0.39, 0.29) is 0 Å². The van der Waals surface area contributed by atoms with Crippen molar-refractivity contribution >= 4 is 27.5 Å². The van der Waals surface area contributed by atoms with Crippen LogP contribution >= 0.6 is 27.5 Å². The van der Waals surface area contributed by atoms with Crippen LogP contribution in [0.15, 0.2) is 22.7 Å². The Kier molecular flexibility index (Phi) is 4.06. The van der Waals surface area contributed by atoms with E-state index in [4.69, 9.17) is 11.6 Å². The van der Waals surface area contributed by atoms with E-state index in [2.05, 4.69) is 21.2 Å². The number of nitrogens with one attached hydrogen (secondary N) is 1. The Hall–Kier alpha value is -0.0500. The van der Waals surface area contributed by atoms with Gasteiger partial charge in [0.2, 0.25) is 0 Å². The second-order valence-electron chi connectivity index (χ2n) is 4.10. The predicted octanol–water partition coefficient (Wildman–Crippen LogP) is 4.13. The summed E-state index contributed by atoms with van der Waals surface area (Å²) in [5, 5.41) is 4.38. The van der Waals surface area contributed by atoms with Crippen molar-refractivity contribution in [2.75, 3.05) is 0 Å². The molecular weight excluding hydrogens is 273 g/mol. The number of benzene rings is 1. The molecule has 1 aliphatic carbocycles. The lowest BCUT2D eigenvalue weighted by Crippen LogP contribution is -2.25. The first-order valence-electron chi connectivity index (χ1n) is 5.43. The molecule has 0 saturated heterocycles. The van der Waals surface area contributed by atoms with Crippen molar-refractivity contribution in [1.29, 1.82) is 0 Å². The van der Waals surface area contributed by atoms with Crippen LogP contribution in [0.4, 0.5) is 0 Å². The van der Waals surface area contributed by atoms with Crippen molar-refractivity contribution in [3.8, 4) is 0 Å². The van der Waals surface area contributed by atoms with Gasteiger partial charge in [-0.3, -0.25) is 0 Å². The second kappa shape index (κ2) is 5.33. The molecule has 1 aromatic rings. The molecule has 1 fully saturated rings. The quantitative estimate of drug-likeness (QED) is 0.881. The van der Waals surface area contributed by atoms with Gasteiger partial charge >= 0.3 is 0 Å². The third kappa shape index (κ3) is 3.20. The molecule has 0 atom stereocenters. The third-order valence-corrected chi connectivity index (χ3v) is 3.95. The molecular formula is C12H15BrClN. The monoisotopic (exact) mass is 287 g/mol. The first-order chi connectivity index (χ1) is 7.25. The summed E-state index contributed by atoms with van der Waals surface area (Å²) in [5.74, 6) is 0. The first kappa shape index (κ1) is 11.4. The van der Waals surface area contributed by atoms with Gasteiger partial charge in [-0.1, -0.05) is 40.4 Å². The van der Waals surface area contributed by atoms with E-state index in [1.165, 1.54) is 31.2 Å². The molecule has 1 N–H and O–H groups in total. The molecule has 0 aliphatic heterocycles. The van der Waals surface area contributed by atoms with Crippen molar-refractivity contribution in [2.45, 2.75) is 38.3 Å². The first-order valence-corrected chi connectivity index (χ1v) is 6.60. The van der Waals surface area contributed by atoms with E-state index in [1.807, 2.05) is 18.2 Å². The molecule has 15 heavy (non-hydrogen) atoms. The van der Waals surface area contributed by atoms with Crippen molar-refractivity contribution in [1.82, 2.24) is 5.32 Å². The van der Waals surface area contributed by atoms with E-state index in [0.717, 1.165) is 16.0 Å². The van der Waals surface area contributed by atoms with E-state index in [9.17, 15) is 0 Å². The SMILES string of the molecule is Clc1ccc(Br)c(CNC2CCCC2)c1. The van der Waals surface area contributed by atoms with Crippen LogP contribution in [0.1, 0.15) is 31.2 Å². The summed E-state index contributed by atoms with van der Waals surface area (Å²) in [5.41, 5.74) is 1.24. The Morgan fingerprint density at radius 3 is 2.80 bits per heavy atom. The van der Waals surface area contributed by atoms with E-state index >= 15 is 0 Å². The fourth-order valence-electron chi connectivity index (χ4n) is 2.06. The largest absolute Gasteiger partial charge is 0.310 e. The maximum Gasteiger partial charge on any atom is 0.0410 e. The molecule has 0 spiro atoms. The summed E-state index contributed by atoms with van der Waals surface area (Å²) in [6.45, 7) is 0.909. The molecule has 1 aliphatic rings. The Morgan fingerprint density at radius 1 is 1.33 bits per heavy atom. The number of rotatable bonds is 3. The minimum absolute atomic E-state index is 0.705. The average molecular weight is 289 g/mol. The summed E-state index contributed by atoms with van der Waals surface area (Å²) >= 11 is 9.50. The second-order valence-corrected chi connectivity index (χ2v) is 5.39. The van der Waals surface area contributed by atoms with Gasteiger partial charge in [-0.25, -0.2) is 0 Å². The lowest BCUT2D eigenvalue weighted by atomic mass is 10.2. The van der Waals surface area contributed by atoms with Crippen LogP contribution in [0.3, 0.4) is 0 Å². The fraction of sp³-hybridized carbons (Fsp3) is 0.500. The fourth-order valence-corrected chi connectivity index (χ4v) is 2.64. The summed E-state index contributed by atoms with van der Waals surface area (Å²) < 4.78 is 1.14. The van der Waals surface area contributed by atoms with Crippen LogP contribution in [0.25, 0.3) is 0 Å². The van der Waals surface area contributed by atoms with Crippen LogP contribution in [0.2, 0.25) is 5.02 Å². The van der Waals surface area contributed by atoms with Crippen molar-refractivity contribution in [3.05, 3.63) is 33.3 Å². The van der Waals surface area contributed by atoms with Crippen LogP contribution < -0.4 is 5.32 Å². The molecule has 82 valence electrons. The maximum absolute atomic E-state index is 5.96. The Labute approximate surface area is 104 Å². The standard InChI is InChI=1S/C12H15BrClN/c13-12-6-5-10(14)7-9(12)8-15-11-3-1-2-4-11/h5-7,11,15H,1-4,8H2. The van der Waals surface area contributed by atoms with E-state index < -0.39 is 0 Å². The van der Waals surface area contributed by atoms with Crippen molar-refractivity contribution in [3.63, 3.8) is 0 Å². The summed E-state index contributed by atoms with van der Waals surface area (Å²) in [7, 11) is 0. The lowest BCUT2D eigenvalue weighted by Gasteiger charge is -2.12. The highest BCUT2D eigenvalue weighted by Crippen LogP contribution is 2.23. The molecule has 2 rings (SSSR count). The lowest BCUT2D eigenvalue weighted by molar-refractivity contribution is 0.523. The van der Waals surface area contributed by atoms with Crippen molar-refractivity contribution < 1.29 is 0 Å². The number of hydrogen-bond acceptors (Lipinski definition) is 1. The zero-order valence-electron chi connectivity index (χ0n) is 8.60. The summed E-state index contributed by atoms with van der Waals surface area (Å²) in [6.07, 6.45) is 5.37. The van der Waals surface area contributed by atoms with Crippen LogP contribution in [-0.2, 0) is 6.54 Å². The number of halogens is 2. The average Bonchev–Trinajstić information content (AvgIpc) is 2.72. The van der Waals surface area contributed by atoms with Crippen LogP contribution in [0, 0.1) is 0 Å². The van der Waals surface area contributed by atoms with E-state index in [1.54, 1.807) is 0 Å². The molecule has 1 aromatic carbocycles. The molecule has 0 aromatic heterocycles. The molecule has 1 saturated carbocycles. The molecule has 0 radical (unpaired) electrons. The van der Waals surface area contributed by atoms with Crippen LogP contribution in [-0.4, -0.2) is 6.04 Å². The van der Waals surface area contributed by atoms with Gasteiger partial charge < -0.3 is 5.32 Å². The van der Waals surface area contributed by atoms with Gasteiger partial charge in [-0.05, 0) is 36.6 Å². The smallest absolute Gasteiger partial charge is 0.0410 e. The Bertz CT molecular complexity index is 334. The Morgan fingerprint density at radius 2 is 2.07 bits per heavy atom. The molecule has 3 heteroatoms. The van der Waals surface area contributed by atoms with Gasteiger partial charge in [0.25, 0.3) is 0 Å². The van der Waals surface area contributed by atoms with Gasteiger partial charge in [0.15, 0.2) is 0 Å². The number of hydrogen-bond donors (Lipinski definition) is 1. The highest BCUT2D eigenvalue weighted by molar-refractivity contribution is 9.10. The van der Waals surface area contributed by atoms with Gasteiger partial charge in [0.1, 0.15) is 0 Å². The maximum atomic E-state index is 5.96. The van der Waals surface area contributed by atoms with Gasteiger partial charge in [-0.15, -0.1) is 0 Å². The summed E-state index contributed by atoms with van der Waals surface area (Å²) in [6, 6.07) is 6.64. The molecule has 0 amide bonds. The minimum Gasteiger partial charge on any atom is -0.310 e. The highest BCUT2D eigenvalue weighted by Gasteiger charge is 2.14. The summed E-state index contributed by atoms with van der Waals surface area (Å²) in [4.78, 5) is 0. The van der Waals surface area contributed by atoms with E-state index in [0.29, 0.717) is 6.04 Å². The minimum atomic E-state index is 0.705. The topological polar surface area (TPSA) is 12.0 Å². The molecule has 0 bridgehead atoms. The van der Waals surface area contributed by atoms with Gasteiger partial charge in [-0.2, -0.15) is 0 Å². The zero-order chi connectivity index (χ0) is 10.7. The van der Waals surface area contributed by atoms with Crippen LogP contribution in [0.5, 0.6) is 0 Å². The molecule has 0 heterocycles. The molecule has 0 unspecified atom stereocenters. The van der Waals surface area contributed by atoms with Crippen molar-refractivity contribution in [2.24, 2.45) is 0 Å². The van der Waals surface area contributed by atoms with Gasteiger partial charge in [0, 0.05) is 22.1 Å². The molecule has 1 nitrogen and oxygen atoms in total. The third-order valence-electron chi connectivity index (χ3n) is 2.94. The Balaban J connectivity index is 1.94. The van der Waals surface area contributed by atoms with Gasteiger partial charge in [0.05, 0.1) is 0 Å². The normalized spacial score (nSPS) is 17.2. The zero-order valence-corrected chi connectivity index (χ0v) is 10.9. The predicted molar refractivity (Wildman–Crippen MR) is 68.2 cm³/mol. The highest BCUT2D eigenvalue weighted by atomic mass is 79.9.